The smallest absolute Gasteiger partial charge is 0.122 e. The minimum atomic E-state index is 0.643. The van der Waals surface area contributed by atoms with Crippen LogP contribution in [0.25, 0.3) is 0 Å². The van der Waals surface area contributed by atoms with Crippen molar-refractivity contribution < 1.29 is 4.74 Å². The van der Waals surface area contributed by atoms with E-state index >= 15 is 0 Å². The fourth-order valence-corrected chi connectivity index (χ4v) is 4.42. The predicted molar refractivity (Wildman–Crippen MR) is 76.5 cm³/mol. The molecule has 2 saturated carbocycles. The summed E-state index contributed by atoms with van der Waals surface area (Å²) in [6, 6.07) is 9.36. The van der Waals surface area contributed by atoms with Crippen LogP contribution in [0, 0.1) is 11.8 Å². The second kappa shape index (κ2) is 4.82. The molecule has 2 nitrogen and oxygen atoms in total. The van der Waals surface area contributed by atoms with Crippen molar-refractivity contribution in [1.82, 2.24) is 5.32 Å². The maximum Gasteiger partial charge on any atom is 0.122 e. The molecule has 4 unspecified atom stereocenters. The lowest BCUT2D eigenvalue weighted by molar-refractivity contribution is 0.256. The highest BCUT2D eigenvalue weighted by Crippen LogP contribution is 2.44. The molecule has 4 rings (SSSR count). The standard InChI is InChI=1S/C17H23NO/c1-2-4-17-15(3-1)14(7-8-19-17)11-18-16-10-12-5-6-13(16)9-12/h1-4,12-14,16,18H,5-11H2. The van der Waals surface area contributed by atoms with E-state index in [0.29, 0.717) is 5.92 Å². The van der Waals surface area contributed by atoms with Crippen molar-refractivity contribution in [3.05, 3.63) is 29.8 Å². The molecule has 2 bridgehead atoms. The first-order chi connectivity index (χ1) is 9.40. The number of benzene rings is 1. The Labute approximate surface area is 115 Å². The maximum atomic E-state index is 5.75. The summed E-state index contributed by atoms with van der Waals surface area (Å²) in [6.45, 7) is 2.01. The Hall–Kier alpha value is -1.02. The molecule has 0 aromatic heterocycles. The van der Waals surface area contributed by atoms with E-state index in [0.717, 1.165) is 43.2 Å². The van der Waals surface area contributed by atoms with Crippen LogP contribution in [0.5, 0.6) is 5.75 Å². The van der Waals surface area contributed by atoms with Gasteiger partial charge in [-0.05, 0) is 49.1 Å². The third kappa shape index (κ3) is 2.16. The second-order valence-corrected chi connectivity index (χ2v) is 6.56. The van der Waals surface area contributed by atoms with Crippen molar-refractivity contribution >= 4 is 0 Å². The van der Waals surface area contributed by atoms with Crippen LogP contribution in [-0.4, -0.2) is 19.2 Å². The summed E-state index contributed by atoms with van der Waals surface area (Å²) in [5, 5.41) is 3.87. The van der Waals surface area contributed by atoms with Gasteiger partial charge in [0.2, 0.25) is 0 Å². The number of ether oxygens (including phenoxy) is 1. The van der Waals surface area contributed by atoms with Gasteiger partial charge in [0.15, 0.2) is 0 Å². The Balaban J connectivity index is 1.41. The fraction of sp³-hybridized carbons (Fsp3) is 0.647. The summed E-state index contributed by atoms with van der Waals surface area (Å²) in [4.78, 5) is 0. The normalized spacial score (nSPS) is 36.0. The largest absolute Gasteiger partial charge is 0.493 e. The van der Waals surface area contributed by atoms with Crippen LogP contribution in [0.15, 0.2) is 24.3 Å². The average Bonchev–Trinajstić information content (AvgIpc) is 3.07. The van der Waals surface area contributed by atoms with Gasteiger partial charge < -0.3 is 10.1 Å². The first-order valence-corrected chi connectivity index (χ1v) is 7.85. The van der Waals surface area contributed by atoms with Crippen LogP contribution < -0.4 is 10.1 Å². The highest BCUT2D eigenvalue weighted by molar-refractivity contribution is 5.37. The van der Waals surface area contributed by atoms with E-state index in [4.69, 9.17) is 4.74 Å². The summed E-state index contributed by atoms with van der Waals surface area (Å²) < 4.78 is 5.75. The van der Waals surface area contributed by atoms with Gasteiger partial charge in [0.25, 0.3) is 0 Å². The van der Waals surface area contributed by atoms with E-state index in [2.05, 4.69) is 29.6 Å². The molecule has 0 radical (unpaired) electrons. The van der Waals surface area contributed by atoms with Gasteiger partial charge >= 0.3 is 0 Å². The molecule has 4 atom stereocenters. The average molecular weight is 257 g/mol. The Morgan fingerprint density at radius 2 is 2.05 bits per heavy atom. The predicted octanol–water partition coefficient (Wildman–Crippen LogP) is 3.33. The summed E-state index contributed by atoms with van der Waals surface area (Å²) in [5.41, 5.74) is 1.41. The van der Waals surface area contributed by atoms with Crippen molar-refractivity contribution in [3.63, 3.8) is 0 Å². The van der Waals surface area contributed by atoms with E-state index in [1.165, 1.54) is 31.2 Å². The molecule has 1 aliphatic heterocycles. The van der Waals surface area contributed by atoms with Gasteiger partial charge in [-0.2, -0.15) is 0 Å². The van der Waals surface area contributed by atoms with Gasteiger partial charge in [0.1, 0.15) is 5.75 Å². The first kappa shape index (κ1) is 11.8. The zero-order valence-electron chi connectivity index (χ0n) is 11.5. The van der Waals surface area contributed by atoms with E-state index in [-0.39, 0.29) is 0 Å². The molecule has 0 spiro atoms. The Bertz CT molecular complexity index is 458. The zero-order chi connectivity index (χ0) is 12.7. The molecule has 1 aromatic carbocycles. The molecule has 1 heterocycles. The van der Waals surface area contributed by atoms with Gasteiger partial charge in [0.05, 0.1) is 6.61 Å². The number of para-hydroxylation sites is 1. The lowest BCUT2D eigenvalue weighted by Crippen LogP contribution is -2.37. The third-order valence-corrected chi connectivity index (χ3v) is 5.45. The first-order valence-electron chi connectivity index (χ1n) is 7.85. The van der Waals surface area contributed by atoms with Crippen molar-refractivity contribution in [2.45, 2.75) is 44.1 Å². The second-order valence-electron chi connectivity index (χ2n) is 6.56. The molecule has 0 saturated heterocycles. The zero-order valence-corrected chi connectivity index (χ0v) is 11.5. The van der Waals surface area contributed by atoms with E-state index < -0.39 is 0 Å². The molecular weight excluding hydrogens is 234 g/mol. The molecule has 19 heavy (non-hydrogen) atoms. The van der Waals surface area contributed by atoms with E-state index in [1.54, 1.807) is 0 Å². The van der Waals surface area contributed by atoms with Crippen molar-refractivity contribution in [1.29, 1.82) is 0 Å². The number of hydrogen-bond acceptors (Lipinski definition) is 2. The highest BCUT2D eigenvalue weighted by Gasteiger charge is 2.39. The molecule has 2 heteroatoms. The lowest BCUT2D eigenvalue weighted by Gasteiger charge is -2.29. The van der Waals surface area contributed by atoms with E-state index in [1.807, 2.05) is 0 Å². The van der Waals surface area contributed by atoms with Crippen LogP contribution >= 0.6 is 0 Å². The SMILES string of the molecule is c1ccc2c(c1)OCCC2CNC1CC2CCC1C2. The van der Waals surface area contributed by atoms with Gasteiger partial charge in [-0.1, -0.05) is 24.6 Å². The van der Waals surface area contributed by atoms with Gasteiger partial charge in [-0.15, -0.1) is 0 Å². The molecule has 1 N–H and O–H groups in total. The molecule has 0 amide bonds. The van der Waals surface area contributed by atoms with Crippen LogP contribution in [0.3, 0.4) is 0 Å². The Kier molecular flexibility index (Phi) is 2.99. The highest BCUT2D eigenvalue weighted by atomic mass is 16.5. The summed E-state index contributed by atoms with van der Waals surface area (Å²) in [5.74, 6) is 3.75. The maximum absolute atomic E-state index is 5.75. The Morgan fingerprint density at radius 3 is 2.89 bits per heavy atom. The third-order valence-electron chi connectivity index (χ3n) is 5.45. The van der Waals surface area contributed by atoms with Crippen molar-refractivity contribution in [2.75, 3.05) is 13.2 Å². The number of fused-ring (bicyclic) bond motifs is 3. The van der Waals surface area contributed by atoms with Gasteiger partial charge in [-0.3, -0.25) is 0 Å². The van der Waals surface area contributed by atoms with Crippen molar-refractivity contribution in [2.24, 2.45) is 11.8 Å². The molecule has 3 aliphatic rings. The molecule has 2 aliphatic carbocycles. The minimum Gasteiger partial charge on any atom is -0.493 e. The Morgan fingerprint density at radius 1 is 1.11 bits per heavy atom. The van der Waals surface area contributed by atoms with Crippen molar-refractivity contribution in [3.8, 4) is 5.75 Å². The number of nitrogens with one attached hydrogen (secondary N) is 1. The minimum absolute atomic E-state index is 0.643. The van der Waals surface area contributed by atoms with Crippen LogP contribution in [0.4, 0.5) is 0 Å². The summed E-state index contributed by atoms with van der Waals surface area (Å²) in [6.07, 6.45) is 7.03. The summed E-state index contributed by atoms with van der Waals surface area (Å²) in [7, 11) is 0. The molecule has 1 aromatic rings. The van der Waals surface area contributed by atoms with Crippen LogP contribution in [0.2, 0.25) is 0 Å². The van der Waals surface area contributed by atoms with Crippen LogP contribution in [-0.2, 0) is 0 Å². The number of hydrogen-bond donors (Lipinski definition) is 1. The van der Waals surface area contributed by atoms with Crippen LogP contribution in [0.1, 0.15) is 43.6 Å². The fourth-order valence-electron chi connectivity index (χ4n) is 4.42. The van der Waals surface area contributed by atoms with Gasteiger partial charge in [0, 0.05) is 18.5 Å². The van der Waals surface area contributed by atoms with E-state index in [9.17, 15) is 0 Å². The molecule has 102 valence electrons. The topological polar surface area (TPSA) is 21.3 Å². The number of rotatable bonds is 3. The van der Waals surface area contributed by atoms with Gasteiger partial charge in [-0.25, -0.2) is 0 Å². The monoisotopic (exact) mass is 257 g/mol. The quantitative estimate of drug-likeness (QED) is 0.897. The molecule has 2 fully saturated rings. The lowest BCUT2D eigenvalue weighted by atomic mass is 9.91. The summed E-state index contributed by atoms with van der Waals surface area (Å²) >= 11 is 0. The molecular formula is C17H23NO.